The van der Waals surface area contributed by atoms with Crippen molar-refractivity contribution in [3.05, 3.63) is 57.9 Å². The molecule has 5 nitrogen and oxygen atoms in total. The molecule has 0 spiro atoms. The molecule has 2 aromatic carbocycles. The Morgan fingerprint density at radius 2 is 1.73 bits per heavy atom. The molecule has 0 bridgehead atoms. The second kappa shape index (κ2) is 7.34. The van der Waals surface area contributed by atoms with Crippen LogP contribution in [0.2, 0.25) is 0 Å². The average Bonchev–Trinajstić information content (AvgIpc) is 2.89. The smallest absolute Gasteiger partial charge is 0.285 e. The van der Waals surface area contributed by atoms with E-state index in [2.05, 4.69) is 16.5 Å². The molecule has 0 radical (unpaired) electrons. The molecule has 26 heavy (non-hydrogen) atoms. The first kappa shape index (κ1) is 18.8. The largest absolute Gasteiger partial charge is 0.383 e. The van der Waals surface area contributed by atoms with E-state index in [1.54, 1.807) is 31.4 Å². The van der Waals surface area contributed by atoms with E-state index in [9.17, 15) is 8.42 Å². The number of sulfonamides is 1. The highest BCUT2D eigenvalue weighted by Gasteiger charge is 2.15. The van der Waals surface area contributed by atoms with Crippen molar-refractivity contribution < 1.29 is 13.2 Å². The number of aromatic nitrogens is 1. The van der Waals surface area contributed by atoms with Crippen LogP contribution < -0.4 is 4.80 Å². The summed E-state index contributed by atoms with van der Waals surface area (Å²) in [4.78, 5) is 0.661. The Balaban J connectivity index is 2.22. The molecule has 3 aromatic rings. The van der Waals surface area contributed by atoms with Crippen LogP contribution in [0.5, 0.6) is 0 Å². The normalized spacial score (nSPS) is 12.8. The van der Waals surface area contributed by atoms with Gasteiger partial charge in [0.05, 0.1) is 21.7 Å². The first-order valence-corrected chi connectivity index (χ1v) is 10.5. The van der Waals surface area contributed by atoms with Crippen molar-refractivity contribution in [2.24, 2.45) is 4.40 Å². The Morgan fingerprint density at radius 1 is 1.08 bits per heavy atom. The number of hydrogen-bond acceptors (Lipinski definition) is 4. The van der Waals surface area contributed by atoms with Gasteiger partial charge in [-0.15, -0.1) is 4.40 Å². The highest BCUT2D eigenvalue weighted by molar-refractivity contribution is 7.90. The van der Waals surface area contributed by atoms with E-state index in [0.717, 1.165) is 21.3 Å². The van der Waals surface area contributed by atoms with Gasteiger partial charge in [0.2, 0.25) is 4.80 Å². The third-order valence-corrected chi connectivity index (χ3v) is 6.77. The molecule has 7 heteroatoms. The number of thiazole rings is 1. The SMILES string of the molecule is COCCn1/c(=N/S(=O)(=O)c2ccc(C)cc2)sc2cc(C)c(C)cc21. The van der Waals surface area contributed by atoms with Crippen LogP contribution in [-0.4, -0.2) is 26.7 Å². The maximum absolute atomic E-state index is 12.7. The Hall–Kier alpha value is -1.96. The van der Waals surface area contributed by atoms with Gasteiger partial charge in [-0.1, -0.05) is 29.0 Å². The molecule has 0 N–H and O–H groups in total. The Labute approximate surface area is 157 Å². The third kappa shape index (κ3) is 3.75. The van der Waals surface area contributed by atoms with Gasteiger partial charge < -0.3 is 9.30 Å². The molecule has 1 aromatic heterocycles. The molecular weight excluding hydrogens is 368 g/mol. The van der Waals surface area contributed by atoms with Crippen LogP contribution in [0.25, 0.3) is 10.2 Å². The maximum atomic E-state index is 12.7. The zero-order valence-electron chi connectivity index (χ0n) is 15.3. The first-order chi connectivity index (χ1) is 12.3. The van der Waals surface area contributed by atoms with Crippen molar-refractivity contribution in [1.82, 2.24) is 4.57 Å². The predicted octanol–water partition coefficient (Wildman–Crippen LogP) is 3.56. The third-order valence-electron chi connectivity index (χ3n) is 4.33. The molecule has 138 valence electrons. The lowest BCUT2D eigenvalue weighted by molar-refractivity contribution is 0.187. The standard InChI is InChI=1S/C19H22N2O3S2/c1-13-5-7-16(8-6-13)26(22,23)20-19-21(9-10-24-4)17-11-14(2)15(3)12-18(17)25-19/h5-8,11-12H,9-10H2,1-4H3/b20-19-. The molecular formula is C19H22N2O3S2. The Bertz CT molecular complexity index is 1110. The Kier molecular flexibility index (Phi) is 5.32. The highest BCUT2D eigenvalue weighted by Crippen LogP contribution is 2.22. The van der Waals surface area contributed by atoms with Crippen molar-refractivity contribution in [2.75, 3.05) is 13.7 Å². The lowest BCUT2D eigenvalue weighted by Crippen LogP contribution is -2.19. The summed E-state index contributed by atoms with van der Waals surface area (Å²) < 4.78 is 37.8. The summed E-state index contributed by atoms with van der Waals surface area (Å²) in [6.45, 7) is 7.04. The van der Waals surface area contributed by atoms with Gasteiger partial charge in [0.15, 0.2) is 0 Å². The Morgan fingerprint density at radius 3 is 2.38 bits per heavy atom. The van der Waals surface area contributed by atoms with E-state index in [4.69, 9.17) is 4.74 Å². The molecule has 0 aliphatic carbocycles. The number of rotatable bonds is 5. The van der Waals surface area contributed by atoms with Crippen LogP contribution in [0.1, 0.15) is 16.7 Å². The zero-order chi connectivity index (χ0) is 18.9. The number of methoxy groups -OCH3 is 1. The van der Waals surface area contributed by atoms with Gasteiger partial charge in [-0.05, 0) is 56.2 Å². The van der Waals surface area contributed by atoms with E-state index >= 15 is 0 Å². The minimum absolute atomic E-state index is 0.200. The topological polar surface area (TPSA) is 60.7 Å². The van der Waals surface area contributed by atoms with Crippen molar-refractivity contribution in [2.45, 2.75) is 32.2 Å². The molecule has 1 heterocycles. The van der Waals surface area contributed by atoms with Crippen LogP contribution in [0.3, 0.4) is 0 Å². The van der Waals surface area contributed by atoms with Crippen molar-refractivity contribution >= 4 is 31.6 Å². The second-order valence-corrected chi connectivity index (χ2v) is 8.93. The quantitative estimate of drug-likeness (QED) is 0.669. The molecule has 0 saturated heterocycles. The lowest BCUT2D eigenvalue weighted by Gasteiger charge is -2.06. The van der Waals surface area contributed by atoms with Crippen LogP contribution in [0, 0.1) is 20.8 Å². The summed E-state index contributed by atoms with van der Waals surface area (Å²) in [6.07, 6.45) is 0. The lowest BCUT2D eigenvalue weighted by atomic mass is 10.1. The summed E-state index contributed by atoms with van der Waals surface area (Å²) in [5, 5.41) is 0. The van der Waals surface area contributed by atoms with Crippen LogP contribution in [0.15, 0.2) is 45.7 Å². The molecule has 0 amide bonds. The summed E-state index contributed by atoms with van der Waals surface area (Å²) >= 11 is 1.38. The van der Waals surface area contributed by atoms with E-state index in [-0.39, 0.29) is 4.90 Å². The van der Waals surface area contributed by atoms with Gasteiger partial charge >= 0.3 is 0 Å². The number of fused-ring (bicyclic) bond motifs is 1. The number of ether oxygens (including phenoxy) is 1. The number of aryl methyl sites for hydroxylation is 3. The minimum atomic E-state index is -3.77. The maximum Gasteiger partial charge on any atom is 0.285 e. The second-order valence-electron chi connectivity index (χ2n) is 6.31. The fourth-order valence-corrected chi connectivity index (χ4v) is 4.99. The predicted molar refractivity (Wildman–Crippen MR) is 105 cm³/mol. The van der Waals surface area contributed by atoms with Crippen molar-refractivity contribution in [3.8, 4) is 0 Å². The van der Waals surface area contributed by atoms with Crippen LogP contribution >= 0.6 is 11.3 Å². The fourth-order valence-electron chi connectivity index (χ4n) is 2.66. The monoisotopic (exact) mass is 390 g/mol. The van der Waals surface area contributed by atoms with Gasteiger partial charge in [-0.2, -0.15) is 8.42 Å². The van der Waals surface area contributed by atoms with E-state index < -0.39 is 10.0 Å². The number of hydrogen-bond donors (Lipinski definition) is 0. The van der Waals surface area contributed by atoms with Gasteiger partial charge in [-0.25, -0.2) is 0 Å². The summed E-state index contributed by atoms with van der Waals surface area (Å²) in [6, 6.07) is 10.9. The summed E-state index contributed by atoms with van der Waals surface area (Å²) in [7, 11) is -2.14. The minimum Gasteiger partial charge on any atom is -0.383 e. The summed E-state index contributed by atoms with van der Waals surface area (Å²) in [5.41, 5.74) is 4.32. The van der Waals surface area contributed by atoms with Gasteiger partial charge in [0.25, 0.3) is 10.0 Å². The number of nitrogens with zero attached hydrogens (tertiary/aromatic N) is 2. The number of benzene rings is 2. The highest BCUT2D eigenvalue weighted by atomic mass is 32.2. The molecule has 3 rings (SSSR count). The molecule has 0 saturated carbocycles. The molecule has 0 unspecified atom stereocenters. The molecule has 0 aliphatic heterocycles. The van der Waals surface area contributed by atoms with Gasteiger partial charge in [0.1, 0.15) is 0 Å². The van der Waals surface area contributed by atoms with Crippen molar-refractivity contribution in [3.63, 3.8) is 0 Å². The van der Waals surface area contributed by atoms with Crippen LogP contribution in [0.4, 0.5) is 0 Å². The average molecular weight is 391 g/mol. The van der Waals surface area contributed by atoms with E-state index in [1.165, 1.54) is 16.9 Å². The summed E-state index contributed by atoms with van der Waals surface area (Å²) in [5.74, 6) is 0. The van der Waals surface area contributed by atoms with E-state index in [0.29, 0.717) is 18.0 Å². The zero-order valence-corrected chi connectivity index (χ0v) is 16.9. The van der Waals surface area contributed by atoms with Gasteiger partial charge in [0, 0.05) is 13.7 Å². The molecule has 0 aliphatic rings. The fraction of sp³-hybridized carbons (Fsp3) is 0.316. The molecule has 0 fully saturated rings. The van der Waals surface area contributed by atoms with E-state index in [1.807, 2.05) is 25.3 Å². The van der Waals surface area contributed by atoms with Gasteiger partial charge in [-0.3, -0.25) is 0 Å². The molecule has 0 atom stereocenters. The van der Waals surface area contributed by atoms with Crippen molar-refractivity contribution in [1.29, 1.82) is 0 Å². The first-order valence-electron chi connectivity index (χ1n) is 8.29. The van der Waals surface area contributed by atoms with Crippen LogP contribution in [-0.2, 0) is 21.3 Å².